The van der Waals surface area contributed by atoms with E-state index in [4.69, 9.17) is 4.98 Å². The fraction of sp³-hybridized carbons (Fsp3) is 0.250. The predicted molar refractivity (Wildman–Crippen MR) is 135 cm³/mol. The minimum absolute atomic E-state index is 0.437. The summed E-state index contributed by atoms with van der Waals surface area (Å²) in [5.41, 5.74) is 8.23. The highest BCUT2D eigenvalue weighted by Crippen LogP contribution is 2.45. The van der Waals surface area contributed by atoms with E-state index in [1.807, 2.05) is 0 Å². The van der Waals surface area contributed by atoms with Gasteiger partial charge in [0.2, 0.25) is 0 Å². The summed E-state index contributed by atoms with van der Waals surface area (Å²) in [5, 5.41) is 7.43. The number of rotatable bonds is 2. The number of benzene rings is 3. The van der Waals surface area contributed by atoms with Gasteiger partial charge in [-0.3, -0.25) is 0 Å². The van der Waals surface area contributed by atoms with Crippen molar-refractivity contribution in [1.82, 2.24) is 9.55 Å². The van der Waals surface area contributed by atoms with Crippen molar-refractivity contribution in [3.8, 4) is 11.3 Å². The van der Waals surface area contributed by atoms with E-state index in [2.05, 4.69) is 82.4 Å². The molecule has 32 heavy (non-hydrogen) atoms. The van der Waals surface area contributed by atoms with Crippen molar-refractivity contribution in [1.29, 1.82) is 0 Å². The van der Waals surface area contributed by atoms with Gasteiger partial charge in [0.05, 0.1) is 11.7 Å². The van der Waals surface area contributed by atoms with Crippen LogP contribution in [0.25, 0.3) is 32.9 Å². The maximum absolute atomic E-state index is 5.18. The number of hydrogen-bond acceptors (Lipinski definition) is 3. The van der Waals surface area contributed by atoms with Gasteiger partial charge in [-0.05, 0) is 54.7 Å². The molecule has 0 radical (unpaired) electrons. The lowest BCUT2D eigenvalue weighted by Gasteiger charge is -2.39. The van der Waals surface area contributed by atoms with Crippen LogP contribution in [0.4, 0.5) is 5.13 Å². The lowest BCUT2D eigenvalue weighted by Crippen LogP contribution is -2.39. The van der Waals surface area contributed by atoms with Crippen molar-refractivity contribution in [3.63, 3.8) is 0 Å². The van der Waals surface area contributed by atoms with Gasteiger partial charge >= 0.3 is 0 Å². The zero-order valence-electron chi connectivity index (χ0n) is 18.2. The fourth-order valence-corrected chi connectivity index (χ4v) is 6.82. The normalized spacial score (nSPS) is 17.8. The van der Waals surface area contributed by atoms with Crippen LogP contribution in [0.3, 0.4) is 0 Å². The molecule has 1 atom stereocenters. The molecule has 3 aromatic carbocycles. The minimum Gasteiger partial charge on any atom is -0.341 e. The maximum Gasteiger partial charge on any atom is 0.186 e. The standard InChI is InChI=1S/C28H25N3S/c1-18-12-13-25-23(16-18)22-10-5-11-26-27(22)30(25)14-15-31(26)28-29-24(17-32-28)21-9-4-7-19-6-2-3-8-20(19)21/h2-4,6-9,12-13,16-17,26H,5,10-11,14-15H2,1H3/t26-/m0/s1. The second kappa shape index (κ2) is 6.94. The Morgan fingerprint density at radius 1 is 0.969 bits per heavy atom. The van der Waals surface area contributed by atoms with Gasteiger partial charge in [-0.2, -0.15) is 0 Å². The first-order chi connectivity index (χ1) is 15.8. The number of aryl methyl sites for hydroxylation is 2. The third-order valence-corrected chi connectivity index (χ3v) is 8.21. The van der Waals surface area contributed by atoms with Crippen LogP contribution in [-0.4, -0.2) is 16.1 Å². The van der Waals surface area contributed by atoms with Gasteiger partial charge < -0.3 is 9.47 Å². The minimum atomic E-state index is 0.437. The first-order valence-electron chi connectivity index (χ1n) is 11.6. The Labute approximate surface area is 191 Å². The Hall–Kier alpha value is -3.11. The molecular formula is C28H25N3S. The summed E-state index contributed by atoms with van der Waals surface area (Å²) in [6.45, 7) is 4.27. The van der Waals surface area contributed by atoms with Gasteiger partial charge in [0.15, 0.2) is 5.13 Å². The molecule has 3 nitrogen and oxygen atoms in total. The molecule has 0 bridgehead atoms. The number of fused-ring (bicyclic) bond motifs is 4. The number of nitrogens with zero attached hydrogens (tertiary/aromatic N) is 3. The van der Waals surface area contributed by atoms with Gasteiger partial charge in [0.1, 0.15) is 0 Å². The molecule has 2 aromatic heterocycles. The second-order valence-corrected chi connectivity index (χ2v) is 10.0. The van der Waals surface area contributed by atoms with E-state index in [1.54, 1.807) is 22.6 Å². The zero-order chi connectivity index (χ0) is 21.2. The van der Waals surface area contributed by atoms with E-state index in [-0.39, 0.29) is 0 Å². The Morgan fingerprint density at radius 2 is 1.88 bits per heavy atom. The van der Waals surface area contributed by atoms with E-state index in [0.29, 0.717) is 6.04 Å². The topological polar surface area (TPSA) is 21.1 Å². The Kier molecular flexibility index (Phi) is 4.01. The molecule has 1 aliphatic heterocycles. The van der Waals surface area contributed by atoms with Crippen molar-refractivity contribution in [2.24, 2.45) is 0 Å². The van der Waals surface area contributed by atoms with E-state index in [1.165, 1.54) is 57.2 Å². The van der Waals surface area contributed by atoms with Crippen molar-refractivity contribution >= 4 is 38.1 Å². The van der Waals surface area contributed by atoms with E-state index in [0.717, 1.165) is 18.8 Å². The molecule has 7 rings (SSSR count). The molecule has 0 amide bonds. The molecule has 2 aliphatic rings. The highest BCUT2D eigenvalue weighted by atomic mass is 32.1. The number of anilines is 1. The molecule has 0 fully saturated rings. The Bertz CT molecular complexity index is 1490. The summed E-state index contributed by atoms with van der Waals surface area (Å²) < 4.78 is 2.60. The van der Waals surface area contributed by atoms with Gasteiger partial charge in [0.25, 0.3) is 0 Å². The van der Waals surface area contributed by atoms with Crippen molar-refractivity contribution < 1.29 is 0 Å². The monoisotopic (exact) mass is 435 g/mol. The molecule has 0 N–H and O–H groups in total. The third-order valence-electron chi connectivity index (χ3n) is 7.33. The molecule has 0 unspecified atom stereocenters. The predicted octanol–water partition coefficient (Wildman–Crippen LogP) is 7.12. The van der Waals surface area contributed by atoms with Crippen LogP contribution in [0.5, 0.6) is 0 Å². The lowest BCUT2D eigenvalue weighted by atomic mass is 9.89. The summed E-state index contributed by atoms with van der Waals surface area (Å²) >= 11 is 1.80. The average Bonchev–Trinajstić information content (AvgIpc) is 3.44. The molecule has 5 aromatic rings. The summed E-state index contributed by atoms with van der Waals surface area (Å²) in [5.74, 6) is 0. The van der Waals surface area contributed by atoms with Crippen LogP contribution in [0.1, 0.15) is 35.7 Å². The Morgan fingerprint density at radius 3 is 2.84 bits per heavy atom. The van der Waals surface area contributed by atoms with E-state index in [9.17, 15) is 0 Å². The SMILES string of the molecule is Cc1ccc2c(c1)c1c3n2CCN(c2nc(-c4cccc5ccccc45)cs2)[C@H]3CCC1. The average molecular weight is 436 g/mol. The van der Waals surface area contributed by atoms with Crippen LogP contribution in [-0.2, 0) is 13.0 Å². The molecular weight excluding hydrogens is 410 g/mol. The quantitative estimate of drug-likeness (QED) is 0.294. The highest BCUT2D eigenvalue weighted by Gasteiger charge is 2.36. The van der Waals surface area contributed by atoms with Crippen LogP contribution in [0, 0.1) is 6.92 Å². The summed E-state index contributed by atoms with van der Waals surface area (Å²) in [4.78, 5) is 7.77. The molecule has 0 saturated heterocycles. The smallest absolute Gasteiger partial charge is 0.186 e. The summed E-state index contributed by atoms with van der Waals surface area (Å²) in [6.07, 6.45) is 3.67. The van der Waals surface area contributed by atoms with Gasteiger partial charge in [-0.15, -0.1) is 11.3 Å². The van der Waals surface area contributed by atoms with Crippen LogP contribution in [0.2, 0.25) is 0 Å². The molecule has 4 heteroatoms. The lowest BCUT2D eigenvalue weighted by molar-refractivity contribution is 0.437. The van der Waals surface area contributed by atoms with Crippen LogP contribution in [0.15, 0.2) is 66.0 Å². The van der Waals surface area contributed by atoms with Gasteiger partial charge in [-0.25, -0.2) is 4.98 Å². The number of aromatic nitrogens is 2. The second-order valence-electron chi connectivity index (χ2n) is 9.18. The van der Waals surface area contributed by atoms with E-state index >= 15 is 0 Å². The highest BCUT2D eigenvalue weighted by molar-refractivity contribution is 7.14. The zero-order valence-corrected chi connectivity index (χ0v) is 19.0. The van der Waals surface area contributed by atoms with Gasteiger partial charge in [0, 0.05) is 40.6 Å². The third kappa shape index (κ3) is 2.62. The Balaban J connectivity index is 1.32. The molecule has 0 saturated carbocycles. The fourth-order valence-electron chi connectivity index (χ4n) is 5.92. The van der Waals surface area contributed by atoms with E-state index < -0.39 is 0 Å². The van der Waals surface area contributed by atoms with Gasteiger partial charge in [-0.1, -0.05) is 54.1 Å². The maximum atomic E-state index is 5.18. The molecule has 3 heterocycles. The van der Waals surface area contributed by atoms with Crippen molar-refractivity contribution in [2.45, 2.75) is 38.8 Å². The largest absolute Gasteiger partial charge is 0.341 e. The van der Waals surface area contributed by atoms with Crippen molar-refractivity contribution in [2.75, 3.05) is 11.4 Å². The van der Waals surface area contributed by atoms with Crippen molar-refractivity contribution in [3.05, 3.63) is 82.9 Å². The van der Waals surface area contributed by atoms with Crippen LogP contribution >= 0.6 is 11.3 Å². The summed E-state index contributed by atoms with van der Waals surface area (Å²) in [7, 11) is 0. The summed E-state index contributed by atoms with van der Waals surface area (Å²) in [6, 6.07) is 22.6. The first-order valence-corrected chi connectivity index (χ1v) is 12.5. The molecule has 1 aliphatic carbocycles. The first kappa shape index (κ1) is 18.5. The number of thiazole rings is 1. The molecule has 158 valence electrons. The number of hydrogen-bond donors (Lipinski definition) is 0. The van der Waals surface area contributed by atoms with Crippen LogP contribution < -0.4 is 4.90 Å². The molecule has 0 spiro atoms.